The number of phenols is 1. The first-order valence-electron chi connectivity index (χ1n) is 12.4. The molecule has 2 N–H and O–H groups in total. The van der Waals surface area contributed by atoms with E-state index in [2.05, 4.69) is 4.57 Å². The lowest BCUT2D eigenvalue weighted by molar-refractivity contribution is -0.143. The number of rotatable bonds is 5. The lowest BCUT2D eigenvalue weighted by Gasteiger charge is -2.29. The maximum absolute atomic E-state index is 14.1. The highest BCUT2D eigenvalue weighted by Gasteiger charge is 2.31. The van der Waals surface area contributed by atoms with Gasteiger partial charge in [-0.2, -0.15) is 0 Å². The van der Waals surface area contributed by atoms with Crippen molar-refractivity contribution >= 4 is 16.9 Å². The summed E-state index contributed by atoms with van der Waals surface area (Å²) in [6, 6.07) is 10.8. The van der Waals surface area contributed by atoms with Crippen molar-refractivity contribution in [2.45, 2.75) is 57.8 Å². The van der Waals surface area contributed by atoms with Crippen LogP contribution in [0.3, 0.4) is 0 Å². The van der Waals surface area contributed by atoms with Crippen LogP contribution in [0.2, 0.25) is 0 Å². The van der Waals surface area contributed by atoms with Gasteiger partial charge in [0.15, 0.2) is 0 Å². The molecule has 5 nitrogen and oxygen atoms in total. The first-order valence-corrected chi connectivity index (χ1v) is 12.4. The molecule has 1 aliphatic carbocycles. The number of carbonyl (C=O) groups is 1. The van der Waals surface area contributed by atoms with Gasteiger partial charge in [-0.25, -0.2) is 4.39 Å². The van der Waals surface area contributed by atoms with E-state index >= 15 is 0 Å². The lowest BCUT2D eigenvalue weighted by atomic mass is 9.78. The van der Waals surface area contributed by atoms with E-state index in [1.54, 1.807) is 13.0 Å². The number of fused-ring (bicyclic) bond motifs is 1. The Morgan fingerprint density at radius 1 is 1.06 bits per heavy atom. The van der Waals surface area contributed by atoms with Crippen LogP contribution < -0.4 is 0 Å². The van der Waals surface area contributed by atoms with Crippen molar-refractivity contribution in [2.75, 3.05) is 13.2 Å². The molecule has 180 valence electrons. The van der Waals surface area contributed by atoms with Crippen molar-refractivity contribution in [2.24, 2.45) is 11.8 Å². The fourth-order valence-electron chi connectivity index (χ4n) is 5.93. The van der Waals surface area contributed by atoms with Crippen molar-refractivity contribution in [1.29, 1.82) is 0 Å². The molecule has 2 aromatic carbocycles. The number of benzene rings is 2. The number of ether oxygens (including phenoxy) is 1. The van der Waals surface area contributed by atoms with E-state index in [0.29, 0.717) is 43.5 Å². The molecule has 1 aliphatic heterocycles. The molecular weight excluding hydrogens is 433 g/mol. The third-order valence-corrected chi connectivity index (χ3v) is 7.79. The number of aliphatic carboxylic acids is 1. The predicted octanol–water partition coefficient (Wildman–Crippen LogP) is 6.11. The lowest BCUT2D eigenvalue weighted by Crippen LogP contribution is -2.23. The highest BCUT2D eigenvalue weighted by atomic mass is 19.1. The summed E-state index contributed by atoms with van der Waals surface area (Å²) in [5.41, 5.74) is 5.01. The number of nitrogens with zero attached hydrogens (tertiary/aromatic N) is 1. The zero-order chi connectivity index (χ0) is 23.8. The van der Waals surface area contributed by atoms with E-state index in [9.17, 15) is 19.4 Å². The molecule has 1 saturated heterocycles. The second kappa shape index (κ2) is 9.41. The zero-order valence-corrected chi connectivity index (χ0v) is 19.6. The molecule has 3 aromatic rings. The first kappa shape index (κ1) is 22.9. The molecule has 6 heteroatoms. The second-order valence-electron chi connectivity index (χ2n) is 9.98. The van der Waals surface area contributed by atoms with Crippen LogP contribution in [0, 0.1) is 24.6 Å². The van der Waals surface area contributed by atoms with E-state index in [1.807, 2.05) is 24.3 Å². The quantitative estimate of drug-likeness (QED) is 0.477. The third kappa shape index (κ3) is 4.31. The minimum Gasteiger partial charge on any atom is -0.508 e. The van der Waals surface area contributed by atoms with Crippen LogP contribution in [0.25, 0.3) is 16.6 Å². The van der Waals surface area contributed by atoms with Crippen molar-refractivity contribution < 1.29 is 24.1 Å². The Morgan fingerprint density at radius 3 is 2.47 bits per heavy atom. The zero-order valence-electron chi connectivity index (χ0n) is 19.6. The Morgan fingerprint density at radius 2 is 1.79 bits per heavy atom. The van der Waals surface area contributed by atoms with Gasteiger partial charge in [-0.15, -0.1) is 0 Å². The summed E-state index contributed by atoms with van der Waals surface area (Å²) in [4.78, 5) is 11.4. The van der Waals surface area contributed by atoms with Gasteiger partial charge in [0.25, 0.3) is 0 Å². The fraction of sp³-hybridized carbons (Fsp3) is 0.464. The van der Waals surface area contributed by atoms with Crippen LogP contribution in [0.5, 0.6) is 5.75 Å². The normalized spacial score (nSPS) is 21.7. The summed E-state index contributed by atoms with van der Waals surface area (Å²) in [5.74, 6) is -0.201. The highest BCUT2D eigenvalue weighted by Crippen LogP contribution is 2.42. The number of phenolic OH excluding ortho intramolecular Hbond substituents is 1. The highest BCUT2D eigenvalue weighted by molar-refractivity contribution is 5.89. The number of halogens is 1. The summed E-state index contributed by atoms with van der Waals surface area (Å²) in [7, 11) is 0. The maximum atomic E-state index is 14.1. The average molecular weight is 466 g/mol. The van der Waals surface area contributed by atoms with Crippen molar-refractivity contribution in [3.63, 3.8) is 0 Å². The van der Waals surface area contributed by atoms with E-state index < -0.39 is 5.97 Å². The van der Waals surface area contributed by atoms with Gasteiger partial charge in [0, 0.05) is 35.9 Å². The van der Waals surface area contributed by atoms with Gasteiger partial charge >= 0.3 is 5.97 Å². The topological polar surface area (TPSA) is 71.7 Å². The Kier molecular flexibility index (Phi) is 6.34. The molecule has 1 aromatic heterocycles. The predicted molar refractivity (Wildman–Crippen MR) is 129 cm³/mol. The van der Waals surface area contributed by atoms with Crippen molar-refractivity contribution in [1.82, 2.24) is 4.57 Å². The standard InChI is InChI=1S/C28H32FNO4/c1-17-14-21(6-8-25(17)29)30-26-9-7-22(31)16-23(26)24(27(30)19-10-12-34-13-11-19)15-18-2-4-20(5-3-18)28(32)33/h6-9,14,16,18-20,31H,2-5,10-13,15H2,1H3,(H,32,33). The van der Waals surface area contributed by atoms with Crippen molar-refractivity contribution in [3.8, 4) is 11.4 Å². The summed E-state index contributed by atoms with van der Waals surface area (Å²) >= 11 is 0. The number of aryl methyl sites for hydroxylation is 1. The molecule has 5 rings (SSSR count). The first-order chi connectivity index (χ1) is 16.4. The van der Waals surface area contributed by atoms with Crippen LogP contribution in [-0.4, -0.2) is 34.0 Å². The molecule has 0 spiro atoms. The SMILES string of the molecule is Cc1cc(-n2c(C3CCOCC3)c(CC3CCC(C(=O)O)CC3)c3cc(O)ccc32)ccc1F. The number of hydrogen-bond donors (Lipinski definition) is 2. The number of carboxylic acids is 1. The summed E-state index contributed by atoms with van der Waals surface area (Å²) < 4.78 is 22.1. The Hall–Kier alpha value is -2.86. The molecule has 2 fully saturated rings. The van der Waals surface area contributed by atoms with Gasteiger partial charge in [-0.05, 0) is 105 Å². The Labute approximate surface area is 199 Å². The van der Waals surface area contributed by atoms with Crippen LogP contribution in [-0.2, 0) is 16.0 Å². The van der Waals surface area contributed by atoms with E-state index in [1.165, 1.54) is 17.3 Å². The van der Waals surface area contributed by atoms with Crippen molar-refractivity contribution in [3.05, 3.63) is 59.0 Å². The summed E-state index contributed by atoms with van der Waals surface area (Å²) in [6.07, 6.45) is 5.91. The second-order valence-corrected chi connectivity index (χ2v) is 9.98. The summed E-state index contributed by atoms with van der Waals surface area (Å²) in [5, 5.41) is 20.8. The molecule has 0 amide bonds. The van der Waals surface area contributed by atoms with Gasteiger partial charge in [0.2, 0.25) is 0 Å². The molecule has 34 heavy (non-hydrogen) atoms. The largest absolute Gasteiger partial charge is 0.508 e. The minimum atomic E-state index is -0.686. The summed E-state index contributed by atoms with van der Waals surface area (Å²) in [6.45, 7) is 3.21. The maximum Gasteiger partial charge on any atom is 0.306 e. The number of carboxylic acid groups (broad SMARTS) is 1. The van der Waals surface area contributed by atoms with Crippen LogP contribution in [0.1, 0.15) is 61.3 Å². The van der Waals surface area contributed by atoms with E-state index in [0.717, 1.165) is 48.7 Å². The van der Waals surface area contributed by atoms with Crippen LogP contribution in [0.4, 0.5) is 4.39 Å². The Bertz CT molecular complexity index is 1200. The molecule has 0 unspecified atom stereocenters. The molecule has 1 saturated carbocycles. The minimum absolute atomic E-state index is 0.221. The molecule has 0 atom stereocenters. The van der Waals surface area contributed by atoms with Crippen LogP contribution >= 0.6 is 0 Å². The van der Waals surface area contributed by atoms with Gasteiger partial charge in [0.05, 0.1) is 11.4 Å². The Balaban J connectivity index is 1.64. The van der Waals surface area contributed by atoms with E-state index in [-0.39, 0.29) is 17.5 Å². The van der Waals surface area contributed by atoms with Crippen LogP contribution in [0.15, 0.2) is 36.4 Å². The van der Waals surface area contributed by atoms with Gasteiger partial charge in [-0.1, -0.05) is 0 Å². The van der Waals surface area contributed by atoms with E-state index in [4.69, 9.17) is 4.74 Å². The van der Waals surface area contributed by atoms with Gasteiger partial charge in [0.1, 0.15) is 11.6 Å². The van der Waals surface area contributed by atoms with Gasteiger partial charge in [-0.3, -0.25) is 4.79 Å². The molecule has 2 aliphatic rings. The monoisotopic (exact) mass is 465 g/mol. The average Bonchev–Trinajstić information content (AvgIpc) is 3.15. The number of hydrogen-bond acceptors (Lipinski definition) is 3. The number of aromatic nitrogens is 1. The molecule has 2 heterocycles. The molecule has 0 radical (unpaired) electrons. The molecular formula is C28H32FNO4. The smallest absolute Gasteiger partial charge is 0.306 e. The molecule has 0 bridgehead atoms. The fourth-order valence-corrected chi connectivity index (χ4v) is 5.93. The number of aromatic hydroxyl groups is 1. The third-order valence-electron chi connectivity index (χ3n) is 7.79. The van der Waals surface area contributed by atoms with Gasteiger partial charge < -0.3 is 19.5 Å².